The molecule has 0 atom stereocenters. The summed E-state index contributed by atoms with van der Waals surface area (Å²) in [5.41, 5.74) is 4.35. The molecule has 20 heavy (non-hydrogen) atoms. The van der Waals surface area contributed by atoms with Gasteiger partial charge >= 0.3 is 0 Å². The zero-order valence-electron chi connectivity index (χ0n) is 12.2. The van der Waals surface area contributed by atoms with Gasteiger partial charge in [-0.25, -0.2) is 0 Å². The van der Waals surface area contributed by atoms with Crippen LogP contribution in [0.5, 0.6) is 0 Å². The topological polar surface area (TPSA) is 17.8 Å². The Morgan fingerprint density at radius 2 is 1.70 bits per heavy atom. The van der Waals surface area contributed by atoms with E-state index in [1.54, 1.807) is 0 Å². The summed E-state index contributed by atoms with van der Waals surface area (Å²) in [6, 6.07) is 10.6. The minimum atomic E-state index is -0.253. The number of halogens is 2. The molecule has 0 unspecified atom stereocenters. The highest BCUT2D eigenvalue weighted by molar-refractivity contribution is 6.22. The average Bonchev–Trinajstić information content (AvgIpc) is 2.75. The van der Waals surface area contributed by atoms with E-state index in [-0.39, 0.29) is 5.41 Å². The summed E-state index contributed by atoms with van der Waals surface area (Å²) in [6.45, 7) is 4.08. The Morgan fingerprint density at radius 3 is 2.15 bits per heavy atom. The van der Waals surface area contributed by atoms with E-state index in [4.69, 9.17) is 23.2 Å². The molecule has 108 valence electrons. The normalized spacial score (nSPS) is 11.8. The maximum absolute atomic E-state index is 6.29. The SMILES string of the molecule is Cc1ccc(C(CCl)(CCl)Cc2cc(C)nn2C)cc1. The summed E-state index contributed by atoms with van der Waals surface area (Å²) in [7, 11) is 1.96. The molecule has 1 aromatic heterocycles. The Kier molecular flexibility index (Phi) is 4.77. The predicted molar refractivity (Wildman–Crippen MR) is 85.9 cm³/mol. The molecule has 0 radical (unpaired) electrons. The summed E-state index contributed by atoms with van der Waals surface area (Å²) in [5.74, 6) is 0.980. The lowest BCUT2D eigenvalue weighted by Gasteiger charge is -2.30. The van der Waals surface area contributed by atoms with Crippen molar-refractivity contribution in [2.45, 2.75) is 25.7 Å². The van der Waals surface area contributed by atoms with Gasteiger partial charge in [-0.2, -0.15) is 5.10 Å². The van der Waals surface area contributed by atoms with E-state index in [2.05, 4.69) is 42.4 Å². The van der Waals surface area contributed by atoms with Crippen LogP contribution in [0.2, 0.25) is 0 Å². The molecule has 0 amide bonds. The summed E-state index contributed by atoms with van der Waals surface area (Å²) in [5, 5.41) is 4.40. The zero-order chi connectivity index (χ0) is 14.8. The van der Waals surface area contributed by atoms with Crippen LogP contribution in [0.15, 0.2) is 30.3 Å². The molecule has 0 aliphatic heterocycles. The summed E-state index contributed by atoms with van der Waals surface area (Å²) < 4.78 is 1.91. The lowest BCUT2D eigenvalue weighted by Crippen LogP contribution is -2.34. The first-order valence-corrected chi connectivity index (χ1v) is 7.76. The third kappa shape index (κ3) is 3.02. The number of alkyl halides is 2. The minimum Gasteiger partial charge on any atom is -0.272 e. The summed E-state index contributed by atoms with van der Waals surface area (Å²) in [6.07, 6.45) is 0.792. The summed E-state index contributed by atoms with van der Waals surface area (Å²) in [4.78, 5) is 0. The highest BCUT2D eigenvalue weighted by Crippen LogP contribution is 2.32. The Hall–Kier alpha value is -0.990. The molecule has 0 saturated carbocycles. The quantitative estimate of drug-likeness (QED) is 0.763. The third-order valence-corrected chi connectivity index (χ3v) is 4.82. The van der Waals surface area contributed by atoms with Crippen LogP contribution in [0.25, 0.3) is 0 Å². The van der Waals surface area contributed by atoms with Crippen molar-refractivity contribution in [2.24, 2.45) is 7.05 Å². The Morgan fingerprint density at radius 1 is 1.10 bits per heavy atom. The smallest absolute Gasteiger partial charge is 0.0596 e. The largest absolute Gasteiger partial charge is 0.272 e. The molecular formula is C16H20Cl2N2. The fraction of sp³-hybridized carbons (Fsp3) is 0.438. The zero-order valence-corrected chi connectivity index (χ0v) is 13.7. The molecule has 4 heteroatoms. The van der Waals surface area contributed by atoms with E-state index < -0.39 is 0 Å². The molecule has 1 aromatic carbocycles. The molecule has 0 aliphatic carbocycles. The molecule has 0 aliphatic rings. The second-order valence-electron chi connectivity index (χ2n) is 5.49. The van der Waals surface area contributed by atoms with E-state index >= 15 is 0 Å². The molecule has 0 saturated heterocycles. The van der Waals surface area contributed by atoms with E-state index in [0.29, 0.717) is 11.8 Å². The molecule has 1 heterocycles. The van der Waals surface area contributed by atoms with Crippen molar-refractivity contribution in [3.63, 3.8) is 0 Å². The van der Waals surface area contributed by atoms with E-state index in [1.807, 2.05) is 18.7 Å². The van der Waals surface area contributed by atoms with Gasteiger partial charge in [0.1, 0.15) is 0 Å². The van der Waals surface area contributed by atoms with Crippen LogP contribution >= 0.6 is 23.2 Å². The minimum absolute atomic E-state index is 0.253. The van der Waals surface area contributed by atoms with Crippen LogP contribution in [-0.2, 0) is 18.9 Å². The van der Waals surface area contributed by atoms with Gasteiger partial charge in [-0.15, -0.1) is 23.2 Å². The molecule has 2 rings (SSSR count). The van der Waals surface area contributed by atoms with Crippen LogP contribution < -0.4 is 0 Å². The van der Waals surface area contributed by atoms with Crippen molar-refractivity contribution in [2.75, 3.05) is 11.8 Å². The standard InChI is InChI=1S/C16H20Cl2N2/c1-12-4-6-14(7-5-12)16(10-17,11-18)9-15-8-13(2)19-20(15)3/h4-8H,9-11H2,1-3H3. The van der Waals surface area contributed by atoms with E-state index in [1.165, 1.54) is 11.1 Å². The van der Waals surface area contributed by atoms with Gasteiger partial charge in [0, 0.05) is 36.3 Å². The number of hydrogen-bond acceptors (Lipinski definition) is 1. The van der Waals surface area contributed by atoms with Gasteiger partial charge < -0.3 is 0 Å². The van der Waals surface area contributed by atoms with Crippen LogP contribution in [-0.4, -0.2) is 21.5 Å². The first kappa shape index (κ1) is 15.4. The molecular weight excluding hydrogens is 291 g/mol. The number of nitrogens with zero attached hydrogens (tertiary/aromatic N) is 2. The fourth-order valence-electron chi connectivity index (χ4n) is 2.47. The van der Waals surface area contributed by atoms with Gasteiger partial charge in [0.15, 0.2) is 0 Å². The Labute approximate surface area is 130 Å². The number of benzene rings is 1. The van der Waals surface area contributed by atoms with Gasteiger partial charge in [-0.3, -0.25) is 4.68 Å². The molecule has 0 fully saturated rings. The molecule has 2 aromatic rings. The van der Waals surface area contributed by atoms with Crippen molar-refractivity contribution in [3.8, 4) is 0 Å². The Bertz CT molecular complexity index is 569. The first-order chi connectivity index (χ1) is 9.50. The first-order valence-electron chi connectivity index (χ1n) is 6.69. The molecule has 2 nitrogen and oxygen atoms in total. The highest BCUT2D eigenvalue weighted by atomic mass is 35.5. The van der Waals surface area contributed by atoms with Gasteiger partial charge in [0.25, 0.3) is 0 Å². The van der Waals surface area contributed by atoms with Gasteiger partial charge in [0.2, 0.25) is 0 Å². The van der Waals surface area contributed by atoms with Crippen LogP contribution in [0.1, 0.15) is 22.5 Å². The lowest BCUT2D eigenvalue weighted by atomic mass is 9.79. The lowest BCUT2D eigenvalue weighted by molar-refractivity contribution is 0.511. The van der Waals surface area contributed by atoms with Crippen molar-refractivity contribution in [1.29, 1.82) is 0 Å². The number of rotatable bonds is 5. The van der Waals surface area contributed by atoms with Crippen molar-refractivity contribution in [1.82, 2.24) is 9.78 Å². The summed E-state index contributed by atoms with van der Waals surface area (Å²) >= 11 is 12.6. The second kappa shape index (κ2) is 6.19. The van der Waals surface area contributed by atoms with E-state index in [0.717, 1.165) is 17.8 Å². The van der Waals surface area contributed by atoms with Gasteiger partial charge in [-0.05, 0) is 25.5 Å². The maximum Gasteiger partial charge on any atom is 0.0596 e. The number of aryl methyl sites for hydroxylation is 3. The van der Waals surface area contributed by atoms with E-state index in [9.17, 15) is 0 Å². The second-order valence-corrected chi connectivity index (χ2v) is 6.03. The molecule has 0 N–H and O–H groups in total. The van der Waals surface area contributed by atoms with Crippen LogP contribution in [0.3, 0.4) is 0 Å². The third-order valence-electron chi connectivity index (χ3n) is 3.79. The Balaban J connectivity index is 2.39. The van der Waals surface area contributed by atoms with Crippen LogP contribution in [0, 0.1) is 13.8 Å². The van der Waals surface area contributed by atoms with Crippen LogP contribution in [0.4, 0.5) is 0 Å². The molecule has 0 spiro atoms. The fourth-order valence-corrected chi connectivity index (χ4v) is 3.25. The van der Waals surface area contributed by atoms with Crippen molar-refractivity contribution >= 4 is 23.2 Å². The predicted octanol–water partition coefficient (Wildman–Crippen LogP) is 4.00. The maximum atomic E-state index is 6.29. The number of hydrogen-bond donors (Lipinski definition) is 0. The molecule has 0 bridgehead atoms. The van der Waals surface area contributed by atoms with Gasteiger partial charge in [0.05, 0.1) is 5.69 Å². The van der Waals surface area contributed by atoms with Crippen molar-refractivity contribution < 1.29 is 0 Å². The van der Waals surface area contributed by atoms with Crippen molar-refractivity contribution in [3.05, 3.63) is 52.8 Å². The van der Waals surface area contributed by atoms with Gasteiger partial charge in [-0.1, -0.05) is 29.8 Å². The average molecular weight is 311 g/mol. The monoisotopic (exact) mass is 310 g/mol. The highest BCUT2D eigenvalue weighted by Gasteiger charge is 2.32. The number of aromatic nitrogens is 2.